The predicted molar refractivity (Wildman–Crippen MR) is 79.5 cm³/mol. The molecule has 0 aliphatic heterocycles. The fourth-order valence-corrected chi connectivity index (χ4v) is 2.01. The van der Waals surface area contributed by atoms with Gasteiger partial charge in [0.2, 0.25) is 0 Å². The zero-order chi connectivity index (χ0) is 16.3. The molecule has 6 heteroatoms. The summed E-state index contributed by atoms with van der Waals surface area (Å²) < 4.78 is 26.4. The quantitative estimate of drug-likeness (QED) is 0.837. The van der Waals surface area contributed by atoms with Crippen molar-refractivity contribution in [2.75, 3.05) is 10.6 Å². The molecule has 2 aromatic carbocycles. The highest BCUT2D eigenvalue weighted by atomic mass is 19.1. The van der Waals surface area contributed by atoms with Crippen LogP contribution in [0.25, 0.3) is 0 Å². The average molecular weight is 304 g/mol. The Hall–Kier alpha value is -2.76. The van der Waals surface area contributed by atoms with Gasteiger partial charge in [-0.25, -0.2) is 8.78 Å². The SMILES string of the molecule is Cc1cc(C)cc(NC(=O)C(=O)Nc2cc(F)ccc2F)c1. The van der Waals surface area contributed by atoms with Crippen molar-refractivity contribution in [3.8, 4) is 0 Å². The number of hydrogen-bond acceptors (Lipinski definition) is 2. The molecule has 0 heterocycles. The second-order valence-electron chi connectivity index (χ2n) is 4.91. The summed E-state index contributed by atoms with van der Waals surface area (Å²) >= 11 is 0. The minimum atomic E-state index is -1.08. The molecule has 22 heavy (non-hydrogen) atoms. The van der Waals surface area contributed by atoms with Gasteiger partial charge in [-0.3, -0.25) is 9.59 Å². The molecule has 0 radical (unpaired) electrons. The van der Waals surface area contributed by atoms with E-state index in [1.54, 1.807) is 12.1 Å². The van der Waals surface area contributed by atoms with Crippen LogP contribution >= 0.6 is 0 Å². The molecule has 0 spiro atoms. The molecular formula is C16H14F2N2O2. The van der Waals surface area contributed by atoms with Gasteiger partial charge >= 0.3 is 11.8 Å². The molecule has 0 unspecified atom stereocenters. The topological polar surface area (TPSA) is 58.2 Å². The third kappa shape index (κ3) is 3.88. The van der Waals surface area contributed by atoms with Crippen LogP contribution in [0.4, 0.5) is 20.2 Å². The number of aryl methyl sites for hydroxylation is 2. The molecule has 0 bridgehead atoms. The Morgan fingerprint density at radius 3 is 2.09 bits per heavy atom. The maximum Gasteiger partial charge on any atom is 0.314 e. The molecule has 2 aromatic rings. The largest absolute Gasteiger partial charge is 0.318 e. The van der Waals surface area contributed by atoms with Gasteiger partial charge in [-0.1, -0.05) is 6.07 Å². The summed E-state index contributed by atoms with van der Waals surface area (Å²) in [6.45, 7) is 3.70. The Bertz CT molecular complexity index is 725. The summed E-state index contributed by atoms with van der Waals surface area (Å²) in [5.41, 5.74) is 1.91. The third-order valence-electron chi connectivity index (χ3n) is 2.86. The number of benzene rings is 2. The fourth-order valence-electron chi connectivity index (χ4n) is 2.01. The number of carbonyl (C=O) groups is 2. The number of anilines is 2. The summed E-state index contributed by atoms with van der Waals surface area (Å²) in [6.07, 6.45) is 0. The molecule has 114 valence electrons. The molecule has 0 atom stereocenters. The van der Waals surface area contributed by atoms with Crippen LogP contribution in [0.1, 0.15) is 11.1 Å². The van der Waals surface area contributed by atoms with Gasteiger partial charge in [0, 0.05) is 11.8 Å². The predicted octanol–water partition coefficient (Wildman–Crippen LogP) is 3.16. The smallest absolute Gasteiger partial charge is 0.314 e. The van der Waals surface area contributed by atoms with E-state index in [1.165, 1.54) is 0 Å². The molecule has 2 amide bonds. The Morgan fingerprint density at radius 1 is 0.864 bits per heavy atom. The second-order valence-corrected chi connectivity index (χ2v) is 4.91. The zero-order valence-corrected chi connectivity index (χ0v) is 12.0. The van der Waals surface area contributed by atoms with Crippen molar-refractivity contribution >= 4 is 23.2 Å². The molecule has 0 aromatic heterocycles. The molecule has 0 saturated heterocycles. The van der Waals surface area contributed by atoms with Crippen molar-refractivity contribution in [1.29, 1.82) is 0 Å². The standard InChI is InChI=1S/C16H14F2N2O2/c1-9-5-10(2)7-12(6-9)19-15(21)16(22)20-14-8-11(17)3-4-13(14)18/h3-8H,1-2H3,(H,19,21)(H,20,22). The number of hydrogen-bond donors (Lipinski definition) is 2. The van der Waals surface area contributed by atoms with Crippen molar-refractivity contribution < 1.29 is 18.4 Å². The molecule has 0 aliphatic rings. The van der Waals surface area contributed by atoms with E-state index in [9.17, 15) is 18.4 Å². The van der Waals surface area contributed by atoms with E-state index in [1.807, 2.05) is 25.2 Å². The second kappa shape index (κ2) is 6.34. The number of halogens is 2. The van der Waals surface area contributed by atoms with Crippen LogP contribution in [-0.2, 0) is 9.59 Å². The lowest BCUT2D eigenvalue weighted by Crippen LogP contribution is -2.29. The minimum absolute atomic E-state index is 0.388. The lowest BCUT2D eigenvalue weighted by molar-refractivity contribution is -0.133. The molecule has 2 N–H and O–H groups in total. The van der Waals surface area contributed by atoms with E-state index < -0.39 is 23.4 Å². The van der Waals surface area contributed by atoms with E-state index in [4.69, 9.17) is 0 Å². The summed E-state index contributed by atoms with van der Waals surface area (Å²) in [7, 11) is 0. The highest BCUT2D eigenvalue weighted by Crippen LogP contribution is 2.16. The summed E-state index contributed by atoms with van der Waals surface area (Å²) in [6, 6.07) is 7.89. The summed E-state index contributed by atoms with van der Waals surface area (Å²) in [5, 5.41) is 4.44. The van der Waals surface area contributed by atoms with Crippen LogP contribution in [0.5, 0.6) is 0 Å². The van der Waals surface area contributed by atoms with E-state index >= 15 is 0 Å². The van der Waals surface area contributed by atoms with Crippen LogP contribution < -0.4 is 10.6 Å². The van der Waals surface area contributed by atoms with E-state index in [2.05, 4.69) is 5.32 Å². The Balaban J connectivity index is 2.09. The molecule has 0 fully saturated rings. The monoisotopic (exact) mass is 304 g/mol. The van der Waals surface area contributed by atoms with Crippen LogP contribution in [0.15, 0.2) is 36.4 Å². The zero-order valence-electron chi connectivity index (χ0n) is 12.0. The van der Waals surface area contributed by atoms with Crippen molar-refractivity contribution in [2.24, 2.45) is 0 Å². The van der Waals surface area contributed by atoms with Crippen LogP contribution in [0.3, 0.4) is 0 Å². The lowest BCUT2D eigenvalue weighted by atomic mass is 10.1. The highest BCUT2D eigenvalue weighted by molar-refractivity contribution is 6.43. The van der Waals surface area contributed by atoms with Crippen LogP contribution in [-0.4, -0.2) is 11.8 Å². The third-order valence-corrected chi connectivity index (χ3v) is 2.86. The maximum absolute atomic E-state index is 13.4. The van der Waals surface area contributed by atoms with Gasteiger partial charge in [0.1, 0.15) is 11.6 Å². The molecular weight excluding hydrogens is 290 g/mol. The first-order valence-electron chi connectivity index (χ1n) is 6.51. The van der Waals surface area contributed by atoms with Crippen molar-refractivity contribution in [3.63, 3.8) is 0 Å². The Labute approximate surface area is 126 Å². The molecule has 4 nitrogen and oxygen atoms in total. The van der Waals surface area contributed by atoms with E-state index in [0.717, 1.165) is 29.3 Å². The molecule has 2 rings (SSSR count). The number of rotatable bonds is 2. The maximum atomic E-state index is 13.4. The highest BCUT2D eigenvalue weighted by Gasteiger charge is 2.16. The fraction of sp³-hybridized carbons (Fsp3) is 0.125. The first-order chi connectivity index (χ1) is 10.3. The van der Waals surface area contributed by atoms with Gasteiger partial charge in [-0.2, -0.15) is 0 Å². The minimum Gasteiger partial charge on any atom is -0.318 e. The number of carbonyl (C=O) groups excluding carboxylic acids is 2. The van der Waals surface area contributed by atoms with Gasteiger partial charge in [0.05, 0.1) is 5.69 Å². The van der Waals surface area contributed by atoms with Crippen molar-refractivity contribution in [3.05, 3.63) is 59.2 Å². The lowest BCUT2D eigenvalue weighted by Gasteiger charge is -2.09. The van der Waals surface area contributed by atoms with Gasteiger partial charge in [0.25, 0.3) is 0 Å². The molecule has 0 aliphatic carbocycles. The summed E-state index contributed by atoms with van der Waals surface area (Å²) in [4.78, 5) is 23.5. The van der Waals surface area contributed by atoms with Gasteiger partial charge < -0.3 is 10.6 Å². The normalized spacial score (nSPS) is 10.2. The van der Waals surface area contributed by atoms with Gasteiger partial charge in [-0.05, 0) is 49.2 Å². The Morgan fingerprint density at radius 2 is 1.45 bits per heavy atom. The van der Waals surface area contributed by atoms with Crippen molar-refractivity contribution in [2.45, 2.75) is 13.8 Å². The molecule has 0 saturated carbocycles. The van der Waals surface area contributed by atoms with E-state index in [0.29, 0.717) is 5.69 Å². The Kier molecular flexibility index (Phi) is 4.50. The number of nitrogens with one attached hydrogen (secondary N) is 2. The van der Waals surface area contributed by atoms with Crippen LogP contribution in [0.2, 0.25) is 0 Å². The van der Waals surface area contributed by atoms with Crippen molar-refractivity contribution in [1.82, 2.24) is 0 Å². The van der Waals surface area contributed by atoms with Gasteiger partial charge in [0.15, 0.2) is 0 Å². The first kappa shape index (κ1) is 15.6. The average Bonchev–Trinajstić information content (AvgIpc) is 2.41. The first-order valence-corrected chi connectivity index (χ1v) is 6.51. The number of amides is 2. The summed E-state index contributed by atoms with van der Waals surface area (Å²) in [5.74, 6) is -3.59. The van der Waals surface area contributed by atoms with E-state index in [-0.39, 0.29) is 5.69 Å². The van der Waals surface area contributed by atoms with Gasteiger partial charge in [-0.15, -0.1) is 0 Å². The van der Waals surface area contributed by atoms with Crippen LogP contribution in [0, 0.1) is 25.5 Å².